The minimum absolute atomic E-state index is 0.00949. The van der Waals surface area contributed by atoms with E-state index in [4.69, 9.17) is 42.2 Å². The molecule has 2 saturated heterocycles. The summed E-state index contributed by atoms with van der Waals surface area (Å²) in [5, 5.41) is 110. The average Bonchev–Trinajstić information content (AvgIpc) is 0.769. The molecule has 0 spiro atoms. The lowest BCUT2D eigenvalue weighted by Crippen LogP contribution is -2.69. The van der Waals surface area contributed by atoms with Crippen LogP contribution in [0.5, 0.6) is 0 Å². The van der Waals surface area contributed by atoms with Crippen molar-refractivity contribution >= 4 is 25.7 Å². The first-order chi connectivity index (χ1) is 48.8. The Bertz CT molecular complexity index is 2130. The third-order valence-corrected chi connectivity index (χ3v) is 20.8. The Morgan fingerprint density at radius 1 is 0.376 bits per heavy atom. The van der Waals surface area contributed by atoms with Gasteiger partial charge in [-0.05, 0) is 44.9 Å². The normalized spacial score (nSPS) is 27.2. The van der Waals surface area contributed by atoms with Gasteiger partial charge >= 0.3 is 25.7 Å². The maximum atomic E-state index is 14.4. The van der Waals surface area contributed by atoms with Gasteiger partial charge in [0.2, 0.25) is 0 Å². The van der Waals surface area contributed by atoms with Crippen LogP contribution >= 0.6 is 7.82 Å². The Morgan fingerprint density at radius 2 is 0.693 bits per heavy atom. The van der Waals surface area contributed by atoms with Crippen LogP contribution in [-0.2, 0) is 61.2 Å². The number of aliphatic hydroxyl groups is 10. The molecule has 11 N–H and O–H groups in total. The zero-order chi connectivity index (χ0) is 73.9. The number of phosphoric ester groups is 1. The molecule has 594 valence electrons. The van der Waals surface area contributed by atoms with E-state index in [9.17, 15) is 74.9 Å². The number of carbonyl (C=O) groups is 3. The largest absolute Gasteiger partial charge is 0.472 e. The fraction of sp³-hybridized carbons (Fsp3) is 0.934. The van der Waals surface area contributed by atoms with Crippen molar-refractivity contribution in [2.45, 2.75) is 427 Å². The van der Waals surface area contributed by atoms with Gasteiger partial charge in [0.05, 0.1) is 13.2 Å². The van der Waals surface area contributed by atoms with Crippen LogP contribution in [0.25, 0.3) is 0 Å². The number of hydrogen-bond donors (Lipinski definition) is 11. The summed E-state index contributed by atoms with van der Waals surface area (Å²) in [5.74, 6) is -1.99. The maximum Gasteiger partial charge on any atom is 0.472 e. The zero-order valence-electron chi connectivity index (χ0n) is 62.2. The van der Waals surface area contributed by atoms with Crippen molar-refractivity contribution in [2.75, 3.05) is 26.4 Å². The van der Waals surface area contributed by atoms with Crippen molar-refractivity contribution in [3.63, 3.8) is 0 Å². The number of aliphatic hydroxyl groups excluding tert-OH is 10. The smallest absolute Gasteiger partial charge is 0.463 e. The number of carbonyl (C=O) groups excluding carboxylic acids is 3. The second-order valence-corrected chi connectivity index (χ2v) is 30.2. The second kappa shape index (κ2) is 57.8. The molecule has 1 saturated carbocycles. The van der Waals surface area contributed by atoms with Crippen LogP contribution in [0.1, 0.15) is 323 Å². The van der Waals surface area contributed by atoms with E-state index >= 15 is 0 Å². The molecule has 101 heavy (non-hydrogen) atoms. The average molecular weight is 1470 g/mol. The topological polar surface area (TPSA) is 374 Å². The molecule has 18 unspecified atom stereocenters. The summed E-state index contributed by atoms with van der Waals surface area (Å²) in [6.45, 7) is 3.47. The van der Waals surface area contributed by atoms with E-state index in [0.717, 1.165) is 89.9 Å². The predicted octanol–water partition coefficient (Wildman–Crippen LogP) is 11.9. The SMILES string of the molecule is CCCCCCCC/C=C\CCCCCC(=O)OCC1OC(OC2C(O)C(O)C(O)C(OC3OC(CO)C(O)C(O)C3O)C2OP(=O)(O)OCC(COC(=O)CCCCCCCCCCCCCCCCCCC)OC(=O)CCCCCCCCCCCCCCCCCC)C(O)C(O)C1O. The molecule has 0 bridgehead atoms. The molecule has 3 rings (SSSR count). The molecule has 25 heteroatoms. The maximum absolute atomic E-state index is 14.4. The van der Waals surface area contributed by atoms with Crippen molar-refractivity contribution in [2.24, 2.45) is 0 Å². The van der Waals surface area contributed by atoms with E-state index in [2.05, 4.69) is 32.9 Å². The highest BCUT2D eigenvalue weighted by molar-refractivity contribution is 7.47. The zero-order valence-corrected chi connectivity index (χ0v) is 63.1. The Kier molecular flexibility index (Phi) is 53.2. The molecule has 0 amide bonds. The minimum Gasteiger partial charge on any atom is -0.463 e. The molecule has 0 aromatic heterocycles. The standard InChI is InChI=1S/C76H141O24P/c1-4-7-10-13-16-19-22-25-27-29-31-33-36-38-41-44-47-50-60(78)92-54-57(95-62(80)52-49-46-43-40-37-34-30-28-26-23-20-17-14-11-8-5-2)55-94-101(90,91)100-74-72(98-75-70(88)65(83)63(81)58(53-77)96-75)68(86)67(85)69(87)73(74)99-76-71(89)66(84)64(82)59(97-76)56-93-61(79)51-48-45-42-39-35-32-24-21-18-15-12-9-6-3/h32,35,57-59,63-77,81-89H,4-31,33-34,36-56H2,1-3H3,(H,90,91)/b35-32-. The summed E-state index contributed by atoms with van der Waals surface area (Å²) >= 11 is 0. The first-order valence-electron chi connectivity index (χ1n) is 40.0. The number of unbranched alkanes of at least 4 members (excludes halogenated alkanes) is 40. The molecule has 2 heterocycles. The van der Waals surface area contributed by atoms with Crippen LogP contribution < -0.4 is 0 Å². The molecule has 3 fully saturated rings. The van der Waals surface area contributed by atoms with Gasteiger partial charge in [0.15, 0.2) is 18.7 Å². The van der Waals surface area contributed by atoms with Crippen molar-refractivity contribution in [1.29, 1.82) is 0 Å². The van der Waals surface area contributed by atoms with Crippen LogP contribution in [0.2, 0.25) is 0 Å². The van der Waals surface area contributed by atoms with E-state index in [0.29, 0.717) is 19.3 Å². The van der Waals surface area contributed by atoms with E-state index in [-0.39, 0.29) is 19.3 Å². The van der Waals surface area contributed by atoms with E-state index < -0.39 is 156 Å². The summed E-state index contributed by atoms with van der Waals surface area (Å²) in [5.41, 5.74) is 0. The summed E-state index contributed by atoms with van der Waals surface area (Å²) in [7, 11) is -5.70. The first kappa shape index (κ1) is 92.9. The Balaban J connectivity index is 1.71. The molecule has 18 atom stereocenters. The summed E-state index contributed by atoms with van der Waals surface area (Å²) in [4.78, 5) is 51.1. The third-order valence-electron chi connectivity index (χ3n) is 19.8. The number of allylic oxidation sites excluding steroid dienone is 2. The Morgan fingerprint density at radius 3 is 1.08 bits per heavy atom. The molecular weight excluding hydrogens is 1330 g/mol. The number of ether oxygens (including phenoxy) is 7. The summed E-state index contributed by atoms with van der Waals surface area (Å²) in [6, 6.07) is 0. The van der Waals surface area contributed by atoms with Crippen molar-refractivity contribution < 1.29 is 117 Å². The number of hydrogen-bond acceptors (Lipinski definition) is 23. The molecular formula is C76H141O24P. The molecule has 24 nitrogen and oxygen atoms in total. The van der Waals surface area contributed by atoms with Gasteiger partial charge in [-0.15, -0.1) is 0 Å². The lowest BCUT2D eigenvalue weighted by molar-refractivity contribution is -0.360. The van der Waals surface area contributed by atoms with E-state index in [1.807, 2.05) is 0 Å². The van der Waals surface area contributed by atoms with Gasteiger partial charge in [0.1, 0.15) is 98.7 Å². The number of phosphoric acid groups is 1. The van der Waals surface area contributed by atoms with Crippen LogP contribution in [0.3, 0.4) is 0 Å². The Labute approximate surface area is 605 Å². The second-order valence-electron chi connectivity index (χ2n) is 28.8. The van der Waals surface area contributed by atoms with Gasteiger partial charge in [0, 0.05) is 19.3 Å². The van der Waals surface area contributed by atoms with E-state index in [1.165, 1.54) is 173 Å². The van der Waals surface area contributed by atoms with Crippen molar-refractivity contribution in [3.8, 4) is 0 Å². The summed E-state index contributed by atoms with van der Waals surface area (Å²) < 4.78 is 65.1. The number of rotatable bonds is 63. The molecule has 1 aliphatic carbocycles. The highest BCUT2D eigenvalue weighted by Gasteiger charge is 2.58. The van der Waals surface area contributed by atoms with Crippen LogP contribution in [-0.4, -0.2) is 204 Å². The fourth-order valence-electron chi connectivity index (χ4n) is 13.3. The van der Waals surface area contributed by atoms with Gasteiger partial charge in [-0.1, -0.05) is 270 Å². The quantitative estimate of drug-likeness (QED) is 0.00886. The molecule has 0 aromatic rings. The van der Waals surface area contributed by atoms with Crippen LogP contribution in [0.4, 0.5) is 0 Å². The van der Waals surface area contributed by atoms with Gasteiger partial charge in [-0.25, -0.2) is 4.57 Å². The minimum atomic E-state index is -5.70. The first-order valence-corrected chi connectivity index (χ1v) is 41.5. The van der Waals surface area contributed by atoms with Crippen LogP contribution in [0.15, 0.2) is 12.2 Å². The Hall–Kier alpha value is -2.30. The van der Waals surface area contributed by atoms with E-state index in [1.54, 1.807) is 0 Å². The monoisotopic (exact) mass is 1470 g/mol. The molecule has 0 aromatic carbocycles. The van der Waals surface area contributed by atoms with Crippen molar-refractivity contribution in [3.05, 3.63) is 12.2 Å². The molecule has 3 aliphatic rings. The van der Waals surface area contributed by atoms with Crippen LogP contribution in [0, 0.1) is 0 Å². The lowest BCUT2D eigenvalue weighted by Gasteiger charge is -2.49. The van der Waals surface area contributed by atoms with Gasteiger partial charge in [-0.3, -0.25) is 23.4 Å². The summed E-state index contributed by atoms with van der Waals surface area (Å²) in [6.07, 6.45) is 18.3. The van der Waals surface area contributed by atoms with Gasteiger partial charge in [-0.2, -0.15) is 0 Å². The molecule has 2 aliphatic heterocycles. The highest BCUT2D eigenvalue weighted by atomic mass is 31.2. The highest BCUT2D eigenvalue weighted by Crippen LogP contribution is 2.49. The van der Waals surface area contributed by atoms with Gasteiger partial charge < -0.3 is 89.1 Å². The van der Waals surface area contributed by atoms with Gasteiger partial charge in [0.25, 0.3) is 0 Å². The van der Waals surface area contributed by atoms with Crippen molar-refractivity contribution in [1.82, 2.24) is 0 Å². The lowest BCUT2D eigenvalue weighted by atomic mass is 9.84. The third kappa shape index (κ3) is 40.5. The number of esters is 3. The predicted molar refractivity (Wildman–Crippen MR) is 384 cm³/mol. The fourth-order valence-corrected chi connectivity index (χ4v) is 14.2. The molecule has 0 radical (unpaired) electrons.